The van der Waals surface area contributed by atoms with Crippen LogP contribution in [-0.2, 0) is 18.4 Å². The summed E-state index contributed by atoms with van der Waals surface area (Å²) >= 11 is 1.46. The van der Waals surface area contributed by atoms with E-state index in [0.717, 1.165) is 16.5 Å². The molecule has 0 bridgehead atoms. The number of carbonyl (C=O) groups is 1. The van der Waals surface area contributed by atoms with Crippen LogP contribution >= 0.6 is 11.8 Å². The third kappa shape index (κ3) is 3.93. The van der Waals surface area contributed by atoms with Gasteiger partial charge >= 0.3 is 0 Å². The largest absolute Gasteiger partial charge is 0.351 e. The van der Waals surface area contributed by atoms with Gasteiger partial charge in [-0.2, -0.15) is 0 Å². The maximum Gasteiger partial charge on any atom is 0.233 e. The average Bonchev–Trinajstić information content (AvgIpc) is 3.32. The molecule has 1 aromatic carbocycles. The van der Waals surface area contributed by atoms with Crippen molar-refractivity contribution in [1.29, 1.82) is 0 Å². The van der Waals surface area contributed by atoms with Crippen molar-refractivity contribution >= 4 is 17.7 Å². The second-order valence-corrected chi connectivity index (χ2v) is 7.45. The summed E-state index contributed by atoms with van der Waals surface area (Å²) < 4.78 is 2.02. The van der Waals surface area contributed by atoms with Gasteiger partial charge in [-0.1, -0.05) is 41.6 Å². The number of thioether (sulfide) groups is 1. The van der Waals surface area contributed by atoms with Gasteiger partial charge in [0.05, 0.1) is 5.25 Å². The molecule has 0 aliphatic heterocycles. The number of nitrogens with one attached hydrogen (secondary N) is 1. The van der Waals surface area contributed by atoms with Crippen molar-refractivity contribution in [2.75, 3.05) is 0 Å². The molecular formula is C17H22N4OS. The number of amides is 1. The Labute approximate surface area is 140 Å². The standard InChI is InChI=1S/C17H22N4OS/c1-11-4-6-13(7-5-11)10-18-16(22)12(2)23-17-20-19-15(21(17)3)14-8-9-14/h4-7,12,14H,8-10H2,1-3H3,(H,18,22)/t12-/m1/s1. The minimum Gasteiger partial charge on any atom is -0.351 e. The van der Waals surface area contributed by atoms with E-state index in [-0.39, 0.29) is 11.2 Å². The number of carbonyl (C=O) groups excluding carboxylic acids is 1. The third-order valence-corrected chi connectivity index (χ3v) is 5.18. The summed E-state index contributed by atoms with van der Waals surface area (Å²) in [4.78, 5) is 12.3. The molecular weight excluding hydrogens is 308 g/mol. The lowest BCUT2D eigenvalue weighted by Gasteiger charge is -2.12. The average molecular weight is 330 g/mol. The van der Waals surface area contributed by atoms with E-state index in [1.54, 1.807) is 0 Å². The molecule has 2 aromatic rings. The highest BCUT2D eigenvalue weighted by atomic mass is 32.2. The molecule has 122 valence electrons. The Balaban J connectivity index is 1.54. The van der Waals surface area contributed by atoms with Crippen LogP contribution in [0, 0.1) is 6.92 Å². The van der Waals surface area contributed by atoms with Crippen LogP contribution in [0.25, 0.3) is 0 Å². The number of benzene rings is 1. The lowest BCUT2D eigenvalue weighted by molar-refractivity contribution is -0.120. The summed E-state index contributed by atoms with van der Waals surface area (Å²) in [5.41, 5.74) is 2.33. The van der Waals surface area contributed by atoms with E-state index in [1.165, 1.54) is 30.2 Å². The van der Waals surface area contributed by atoms with E-state index in [2.05, 4.69) is 34.6 Å². The first-order chi connectivity index (χ1) is 11.0. The van der Waals surface area contributed by atoms with Gasteiger partial charge < -0.3 is 9.88 Å². The molecule has 0 saturated heterocycles. The lowest BCUT2D eigenvalue weighted by atomic mass is 10.1. The van der Waals surface area contributed by atoms with Gasteiger partial charge in [0.15, 0.2) is 5.16 Å². The molecule has 1 N–H and O–H groups in total. The molecule has 1 aliphatic rings. The summed E-state index contributed by atoms with van der Waals surface area (Å²) in [6.45, 7) is 4.51. The third-order valence-electron chi connectivity index (χ3n) is 4.05. The molecule has 1 atom stereocenters. The number of hydrogen-bond donors (Lipinski definition) is 1. The van der Waals surface area contributed by atoms with Crippen molar-refractivity contribution in [2.24, 2.45) is 7.05 Å². The number of aromatic nitrogens is 3. The number of hydrogen-bond acceptors (Lipinski definition) is 4. The monoisotopic (exact) mass is 330 g/mol. The Morgan fingerprint density at radius 3 is 2.70 bits per heavy atom. The number of nitrogens with zero attached hydrogens (tertiary/aromatic N) is 3. The van der Waals surface area contributed by atoms with Gasteiger partial charge in [-0.15, -0.1) is 10.2 Å². The molecule has 1 heterocycles. The topological polar surface area (TPSA) is 59.8 Å². The quantitative estimate of drug-likeness (QED) is 0.828. The van der Waals surface area contributed by atoms with E-state index < -0.39 is 0 Å². The minimum atomic E-state index is -0.199. The molecule has 5 nitrogen and oxygen atoms in total. The fourth-order valence-electron chi connectivity index (χ4n) is 2.38. The summed E-state index contributed by atoms with van der Waals surface area (Å²) in [6, 6.07) is 8.19. The normalized spacial score (nSPS) is 15.4. The number of rotatable bonds is 6. The van der Waals surface area contributed by atoms with E-state index in [4.69, 9.17) is 0 Å². The molecule has 23 heavy (non-hydrogen) atoms. The molecule has 1 aliphatic carbocycles. The van der Waals surface area contributed by atoms with Gasteiger partial charge in [0.25, 0.3) is 0 Å². The lowest BCUT2D eigenvalue weighted by Crippen LogP contribution is -2.30. The van der Waals surface area contributed by atoms with E-state index in [0.29, 0.717) is 12.5 Å². The van der Waals surface area contributed by atoms with E-state index in [1.807, 2.05) is 30.7 Å². The maximum atomic E-state index is 12.3. The van der Waals surface area contributed by atoms with Crippen molar-refractivity contribution in [2.45, 2.75) is 49.6 Å². The van der Waals surface area contributed by atoms with Crippen LogP contribution < -0.4 is 5.32 Å². The van der Waals surface area contributed by atoms with Gasteiger partial charge in [0.2, 0.25) is 5.91 Å². The van der Waals surface area contributed by atoms with Crippen LogP contribution in [0.3, 0.4) is 0 Å². The van der Waals surface area contributed by atoms with Crippen LogP contribution in [0.2, 0.25) is 0 Å². The molecule has 1 aromatic heterocycles. The molecule has 6 heteroatoms. The molecule has 1 fully saturated rings. The Morgan fingerprint density at radius 1 is 1.35 bits per heavy atom. The minimum absolute atomic E-state index is 0.0200. The van der Waals surface area contributed by atoms with Crippen molar-refractivity contribution in [3.05, 3.63) is 41.2 Å². The van der Waals surface area contributed by atoms with Gasteiger partial charge in [-0.25, -0.2) is 0 Å². The number of aryl methyl sites for hydroxylation is 1. The predicted octanol–water partition coefficient (Wildman–Crippen LogP) is 2.80. The summed E-state index contributed by atoms with van der Waals surface area (Å²) in [7, 11) is 1.98. The van der Waals surface area contributed by atoms with Crippen molar-refractivity contribution in [3.8, 4) is 0 Å². The Bertz CT molecular complexity index is 691. The molecule has 0 unspecified atom stereocenters. The second-order valence-electron chi connectivity index (χ2n) is 6.14. The van der Waals surface area contributed by atoms with Gasteiger partial charge in [-0.3, -0.25) is 4.79 Å². The second kappa shape index (κ2) is 6.74. The first-order valence-electron chi connectivity index (χ1n) is 7.94. The van der Waals surface area contributed by atoms with Gasteiger partial charge in [0.1, 0.15) is 5.82 Å². The fraction of sp³-hybridized carbons (Fsp3) is 0.471. The molecule has 0 spiro atoms. The smallest absolute Gasteiger partial charge is 0.233 e. The Morgan fingerprint density at radius 2 is 2.04 bits per heavy atom. The summed E-state index contributed by atoms with van der Waals surface area (Å²) in [5, 5.41) is 12.1. The zero-order valence-corrected chi connectivity index (χ0v) is 14.6. The highest BCUT2D eigenvalue weighted by Crippen LogP contribution is 2.39. The highest BCUT2D eigenvalue weighted by molar-refractivity contribution is 8.00. The van der Waals surface area contributed by atoms with Crippen LogP contribution in [0.15, 0.2) is 29.4 Å². The van der Waals surface area contributed by atoms with Crippen molar-refractivity contribution in [1.82, 2.24) is 20.1 Å². The fourth-order valence-corrected chi connectivity index (χ4v) is 3.22. The van der Waals surface area contributed by atoms with Crippen LogP contribution in [0.4, 0.5) is 0 Å². The molecule has 1 amide bonds. The van der Waals surface area contributed by atoms with Gasteiger partial charge in [-0.05, 0) is 32.3 Å². The highest BCUT2D eigenvalue weighted by Gasteiger charge is 2.30. The Kier molecular flexibility index (Phi) is 4.71. The molecule has 0 radical (unpaired) electrons. The molecule has 3 rings (SSSR count). The first-order valence-corrected chi connectivity index (χ1v) is 8.81. The van der Waals surface area contributed by atoms with Crippen molar-refractivity contribution in [3.63, 3.8) is 0 Å². The maximum absolute atomic E-state index is 12.3. The van der Waals surface area contributed by atoms with E-state index >= 15 is 0 Å². The summed E-state index contributed by atoms with van der Waals surface area (Å²) in [5.74, 6) is 1.62. The molecule has 1 saturated carbocycles. The van der Waals surface area contributed by atoms with E-state index in [9.17, 15) is 4.79 Å². The predicted molar refractivity (Wildman–Crippen MR) is 91.3 cm³/mol. The van der Waals surface area contributed by atoms with Crippen LogP contribution in [0.1, 0.15) is 42.6 Å². The first kappa shape index (κ1) is 16.1. The van der Waals surface area contributed by atoms with Crippen LogP contribution in [-0.4, -0.2) is 25.9 Å². The zero-order chi connectivity index (χ0) is 16.4. The Hall–Kier alpha value is -1.82. The van der Waals surface area contributed by atoms with Crippen molar-refractivity contribution < 1.29 is 4.79 Å². The zero-order valence-electron chi connectivity index (χ0n) is 13.7. The van der Waals surface area contributed by atoms with Gasteiger partial charge in [0, 0.05) is 19.5 Å². The SMILES string of the molecule is Cc1ccc(CNC(=O)[C@@H](C)Sc2nnc(C3CC3)n2C)cc1. The van der Waals surface area contributed by atoms with Crippen LogP contribution in [0.5, 0.6) is 0 Å². The summed E-state index contributed by atoms with van der Waals surface area (Å²) in [6.07, 6.45) is 2.40.